The lowest BCUT2D eigenvalue weighted by atomic mass is 10.3. The molecular weight excluding hydrogens is 378 g/mol. The van der Waals surface area contributed by atoms with Crippen LogP contribution < -0.4 is 4.18 Å². The van der Waals surface area contributed by atoms with Gasteiger partial charge >= 0.3 is 10.1 Å². The first-order valence-electron chi connectivity index (χ1n) is 5.14. The lowest BCUT2D eigenvalue weighted by molar-refractivity contribution is 0.472. The topological polar surface area (TPSA) is 43.4 Å². The van der Waals surface area contributed by atoms with Gasteiger partial charge in [-0.3, -0.25) is 0 Å². The van der Waals surface area contributed by atoms with Crippen molar-refractivity contribution in [3.05, 3.63) is 57.5 Å². The summed E-state index contributed by atoms with van der Waals surface area (Å²) in [5.74, 6) is -2.65. The Labute approximate surface area is 127 Å². The number of benzene rings is 2. The van der Waals surface area contributed by atoms with Crippen LogP contribution in [0.3, 0.4) is 0 Å². The largest absolute Gasteiger partial charge is 0.379 e. The van der Waals surface area contributed by atoms with Crippen molar-refractivity contribution < 1.29 is 21.4 Å². The van der Waals surface area contributed by atoms with Gasteiger partial charge in [-0.2, -0.15) is 8.42 Å². The van der Waals surface area contributed by atoms with E-state index in [1.165, 1.54) is 18.2 Å². The Balaban J connectivity index is 2.38. The number of hydrogen-bond donors (Lipinski definition) is 0. The van der Waals surface area contributed by atoms with E-state index < -0.39 is 21.8 Å². The van der Waals surface area contributed by atoms with Gasteiger partial charge in [0.1, 0.15) is 10.6 Å². The first-order chi connectivity index (χ1) is 9.29. The molecule has 3 nitrogen and oxygen atoms in total. The molecule has 2 aromatic carbocycles. The smallest absolute Gasteiger partial charge is 0.340 e. The Bertz CT molecular complexity index is 765. The van der Waals surface area contributed by atoms with Gasteiger partial charge in [0.2, 0.25) is 0 Å². The molecule has 0 aliphatic carbocycles. The van der Waals surface area contributed by atoms with Crippen LogP contribution in [0, 0.1) is 11.6 Å². The lowest BCUT2D eigenvalue weighted by Crippen LogP contribution is -2.10. The molecule has 106 valence electrons. The zero-order chi connectivity index (χ0) is 14.9. The molecule has 0 bridgehead atoms. The predicted octanol–water partition coefficient (Wildman–Crippen LogP) is 4.15. The van der Waals surface area contributed by atoms with E-state index in [1.54, 1.807) is 0 Å². The molecule has 2 rings (SSSR count). The van der Waals surface area contributed by atoms with Crippen molar-refractivity contribution in [2.75, 3.05) is 0 Å². The molecule has 0 atom stereocenters. The molecule has 0 unspecified atom stereocenters. The van der Waals surface area contributed by atoms with Gasteiger partial charge in [0.15, 0.2) is 11.6 Å². The molecule has 8 heteroatoms. The molecule has 2 aromatic rings. The van der Waals surface area contributed by atoms with Crippen LogP contribution in [0.1, 0.15) is 0 Å². The Morgan fingerprint density at radius 1 is 1.05 bits per heavy atom. The summed E-state index contributed by atoms with van der Waals surface area (Å²) in [4.78, 5) is -0.271. The molecule has 0 aliphatic rings. The highest BCUT2D eigenvalue weighted by Crippen LogP contribution is 2.28. The third-order valence-electron chi connectivity index (χ3n) is 2.26. The van der Waals surface area contributed by atoms with Crippen LogP contribution in [0.2, 0.25) is 5.02 Å². The van der Waals surface area contributed by atoms with Crippen molar-refractivity contribution in [1.82, 2.24) is 0 Å². The summed E-state index contributed by atoms with van der Waals surface area (Å²) < 4.78 is 55.0. The third-order valence-corrected chi connectivity index (χ3v) is 4.48. The predicted molar refractivity (Wildman–Crippen MR) is 73.3 cm³/mol. The Kier molecular flexibility index (Phi) is 4.31. The molecule has 0 heterocycles. The van der Waals surface area contributed by atoms with Gasteiger partial charge in [-0.05, 0) is 30.3 Å². The molecule has 0 N–H and O–H groups in total. The van der Waals surface area contributed by atoms with Gasteiger partial charge in [0, 0.05) is 10.5 Å². The molecule has 0 saturated carbocycles. The lowest BCUT2D eigenvalue weighted by Gasteiger charge is -2.08. The second-order valence-corrected chi connectivity index (χ2v) is 6.53. The summed E-state index contributed by atoms with van der Waals surface area (Å²) in [6, 6.07) is 6.49. The minimum Gasteiger partial charge on any atom is -0.379 e. The maximum absolute atomic E-state index is 13.0. The summed E-state index contributed by atoms with van der Waals surface area (Å²) in [5.41, 5.74) is 0. The average Bonchev–Trinajstić information content (AvgIpc) is 2.33. The van der Waals surface area contributed by atoms with E-state index in [0.717, 1.165) is 12.1 Å². The van der Waals surface area contributed by atoms with E-state index in [9.17, 15) is 17.2 Å². The van der Waals surface area contributed by atoms with Crippen LogP contribution in [0.25, 0.3) is 0 Å². The molecular formula is C12H6BrClF2O3S. The second-order valence-electron chi connectivity index (χ2n) is 3.69. The van der Waals surface area contributed by atoms with Gasteiger partial charge in [-0.25, -0.2) is 8.78 Å². The Hall–Kier alpha value is -1.18. The molecule has 20 heavy (non-hydrogen) atoms. The van der Waals surface area contributed by atoms with Crippen molar-refractivity contribution in [3.8, 4) is 5.75 Å². The van der Waals surface area contributed by atoms with Crippen LogP contribution in [-0.2, 0) is 10.1 Å². The average molecular weight is 384 g/mol. The van der Waals surface area contributed by atoms with Crippen molar-refractivity contribution in [2.24, 2.45) is 0 Å². The van der Waals surface area contributed by atoms with Gasteiger partial charge in [-0.15, -0.1) is 0 Å². The minimum atomic E-state index is -4.23. The van der Waals surface area contributed by atoms with Gasteiger partial charge in [0.05, 0.1) is 5.02 Å². The Morgan fingerprint density at radius 3 is 2.35 bits per heavy atom. The molecule has 0 saturated heterocycles. The highest BCUT2D eigenvalue weighted by molar-refractivity contribution is 9.10. The zero-order valence-corrected chi connectivity index (χ0v) is 12.8. The zero-order valence-electron chi connectivity index (χ0n) is 9.61. The van der Waals surface area contributed by atoms with Crippen molar-refractivity contribution in [1.29, 1.82) is 0 Å². The highest BCUT2D eigenvalue weighted by Gasteiger charge is 2.21. The summed E-state index contributed by atoms with van der Waals surface area (Å²) in [5, 5.41) is -0.0537. The maximum atomic E-state index is 13.0. The van der Waals surface area contributed by atoms with E-state index in [1.807, 2.05) is 0 Å². The molecule has 0 spiro atoms. The van der Waals surface area contributed by atoms with E-state index in [-0.39, 0.29) is 15.7 Å². The van der Waals surface area contributed by atoms with Crippen LogP contribution in [0.15, 0.2) is 45.8 Å². The fourth-order valence-corrected chi connectivity index (χ4v) is 3.31. The minimum absolute atomic E-state index is 0.0537. The normalized spacial score (nSPS) is 11.4. The first-order valence-corrected chi connectivity index (χ1v) is 7.72. The van der Waals surface area contributed by atoms with Crippen molar-refractivity contribution >= 4 is 37.6 Å². The fraction of sp³-hybridized carbons (Fsp3) is 0. The Morgan fingerprint density at radius 2 is 1.75 bits per heavy atom. The quantitative estimate of drug-likeness (QED) is 0.748. The van der Waals surface area contributed by atoms with Gasteiger partial charge < -0.3 is 4.18 Å². The van der Waals surface area contributed by atoms with Gasteiger partial charge in [-0.1, -0.05) is 27.5 Å². The van der Waals surface area contributed by atoms with E-state index in [0.29, 0.717) is 10.5 Å². The molecule has 0 radical (unpaired) electrons. The van der Waals surface area contributed by atoms with Crippen LogP contribution in [0.5, 0.6) is 5.75 Å². The summed E-state index contributed by atoms with van der Waals surface area (Å²) in [7, 11) is -4.23. The van der Waals surface area contributed by atoms with Crippen molar-refractivity contribution in [3.63, 3.8) is 0 Å². The summed E-state index contributed by atoms with van der Waals surface area (Å²) >= 11 is 8.95. The SMILES string of the molecule is O=S(=O)(Oc1ccc(F)c(F)c1)c1ccc(Br)cc1Cl. The van der Waals surface area contributed by atoms with Crippen LogP contribution >= 0.6 is 27.5 Å². The van der Waals surface area contributed by atoms with Gasteiger partial charge in [0.25, 0.3) is 0 Å². The molecule has 0 amide bonds. The van der Waals surface area contributed by atoms with E-state index in [4.69, 9.17) is 15.8 Å². The fourth-order valence-electron chi connectivity index (χ4n) is 1.38. The maximum Gasteiger partial charge on any atom is 0.340 e. The molecule has 0 aliphatic heterocycles. The number of hydrogen-bond acceptors (Lipinski definition) is 3. The highest BCUT2D eigenvalue weighted by atomic mass is 79.9. The van der Waals surface area contributed by atoms with Crippen LogP contribution in [0.4, 0.5) is 8.78 Å². The monoisotopic (exact) mass is 382 g/mol. The van der Waals surface area contributed by atoms with Crippen molar-refractivity contribution in [2.45, 2.75) is 4.90 Å². The summed E-state index contributed by atoms with van der Waals surface area (Å²) in [6.07, 6.45) is 0. The molecule has 0 fully saturated rings. The standard InChI is InChI=1S/C12H6BrClF2O3S/c13-7-1-4-12(9(14)5-7)20(17,18)19-8-2-3-10(15)11(16)6-8/h1-6H. The third kappa shape index (κ3) is 3.28. The van der Waals surface area contributed by atoms with Crippen LogP contribution in [-0.4, -0.2) is 8.42 Å². The number of rotatable bonds is 3. The molecule has 0 aromatic heterocycles. The first kappa shape index (κ1) is 15.2. The second kappa shape index (κ2) is 5.67. The number of halogens is 4. The van der Waals surface area contributed by atoms with E-state index in [2.05, 4.69) is 15.9 Å². The van der Waals surface area contributed by atoms with E-state index >= 15 is 0 Å². The summed E-state index contributed by atoms with van der Waals surface area (Å²) in [6.45, 7) is 0.